The van der Waals surface area contributed by atoms with Crippen LogP contribution in [0.4, 0.5) is 4.79 Å². The third-order valence-corrected chi connectivity index (χ3v) is 3.32. The molecule has 22 heavy (non-hydrogen) atoms. The minimum Gasteiger partial charge on any atom is -0.454 e. The van der Waals surface area contributed by atoms with E-state index in [9.17, 15) is 9.59 Å². The van der Waals surface area contributed by atoms with Crippen molar-refractivity contribution in [2.75, 3.05) is 26.5 Å². The average Bonchev–Trinajstić information content (AvgIpc) is 2.94. The monoisotopic (exact) mass is 309 g/mol. The highest BCUT2D eigenvalue weighted by atomic mass is 16.7. The van der Waals surface area contributed by atoms with E-state index < -0.39 is 6.09 Å². The summed E-state index contributed by atoms with van der Waals surface area (Å²) >= 11 is 0. The van der Waals surface area contributed by atoms with Crippen molar-refractivity contribution < 1.29 is 28.7 Å². The zero-order chi connectivity index (χ0) is 15.9. The molecule has 0 aromatic heterocycles. The Morgan fingerprint density at radius 2 is 2.05 bits per heavy atom. The Balaban J connectivity index is 1.89. The van der Waals surface area contributed by atoms with Gasteiger partial charge in [0.1, 0.15) is 6.54 Å². The summed E-state index contributed by atoms with van der Waals surface area (Å²) in [7, 11) is 0. The Morgan fingerprint density at radius 1 is 1.27 bits per heavy atom. The molecule has 2 amide bonds. The molecule has 2 N–H and O–H groups in total. The Kier molecular flexibility index (Phi) is 5.60. The number of ether oxygens (including phenoxy) is 3. The lowest BCUT2D eigenvalue weighted by Gasteiger charge is -2.17. The van der Waals surface area contributed by atoms with Crippen molar-refractivity contribution >= 4 is 12.0 Å². The molecular formula is C15H21N2O5+. The summed E-state index contributed by atoms with van der Waals surface area (Å²) in [5.74, 6) is 1.11. The predicted octanol–water partition coefficient (Wildman–Crippen LogP) is 0.0928. The van der Waals surface area contributed by atoms with Crippen LogP contribution in [0.5, 0.6) is 11.5 Å². The molecule has 1 atom stereocenters. The summed E-state index contributed by atoms with van der Waals surface area (Å²) < 4.78 is 15.3. The number of rotatable bonds is 6. The van der Waals surface area contributed by atoms with Crippen LogP contribution in [-0.2, 0) is 16.1 Å². The van der Waals surface area contributed by atoms with Gasteiger partial charge >= 0.3 is 6.09 Å². The first-order valence-electron chi connectivity index (χ1n) is 7.31. The molecule has 1 aromatic carbocycles. The van der Waals surface area contributed by atoms with Crippen LogP contribution < -0.4 is 19.7 Å². The molecular weight excluding hydrogens is 288 g/mol. The van der Waals surface area contributed by atoms with Crippen molar-refractivity contribution in [3.05, 3.63) is 23.8 Å². The predicted molar refractivity (Wildman–Crippen MR) is 77.8 cm³/mol. The SMILES string of the molecule is CCOC(=O)NC(=O)C[NH+](CC)Cc1ccc2c(c1)OCO2. The molecule has 0 bridgehead atoms. The largest absolute Gasteiger partial charge is 0.454 e. The van der Waals surface area contributed by atoms with Gasteiger partial charge in [-0.25, -0.2) is 4.79 Å². The summed E-state index contributed by atoms with van der Waals surface area (Å²) in [5.41, 5.74) is 1.05. The molecule has 1 aliphatic rings. The molecule has 0 aliphatic carbocycles. The number of carbonyl (C=O) groups excluding carboxylic acids is 2. The summed E-state index contributed by atoms with van der Waals surface area (Å²) in [6.07, 6.45) is -0.703. The number of likely N-dealkylation sites (N-methyl/N-ethyl adjacent to an activating group) is 1. The molecule has 0 radical (unpaired) electrons. The van der Waals surface area contributed by atoms with Gasteiger partial charge in [0, 0.05) is 5.56 Å². The van der Waals surface area contributed by atoms with Gasteiger partial charge in [0.05, 0.1) is 13.2 Å². The second-order valence-corrected chi connectivity index (χ2v) is 4.91. The van der Waals surface area contributed by atoms with Crippen molar-refractivity contribution in [2.24, 2.45) is 0 Å². The number of alkyl carbamates (subject to hydrolysis) is 1. The van der Waals surface area contributed by atoms with Crippen LogP contribution in [0.1, 0.15) is 19.4 Å². The average molecular weight is 309 g/mol. The minimum absolute atomic E-state index is 0.198. The smallest absolute Gasteiger partial charge is 0.414 e. The zero-order valence-electron chi connectivity index (χ0n) is 12.8. The third-order valence-electron chi connectivity index (χ3n) is 3.32. The maximum atomic E-state index is 11.8. The van der Waals surface area contributed by atoms with Gasteiger partial charge in [-0.1, -0.05) is 0 Å². The second-order valence-electron chi connectivity index (χ2n) is 4.91. The number of hydrogen-bond donors (Lipinski definition) is 2. The molecule has 1 unspecified atom stereocenters. The number of imide groups is 1. The first kappa shape index (κ1) is 16.1. The summed E-state index contributed by atoms with van der Waals surface area (Å²) in [6.45, 7) is 5.76. The Morgan fingerprint density at radius 3 is 2.77 bits per heavy atom. The van der Waals surface area contributed by atoms with Crippen molar-refractivity contribution in [1.29, 1.82) is 0 Å². The van der Waals surface area contributed by atoms with Crippen LogP contribution in [0.3, 0.4) is 0 Å². The van der Waals surface area contributed by atoms with Crippen LogP contribution in [0.15, 0.2) is 18.2 Å². The van der Waals surface area contributed by atoms with Crippen LogP contribution in [-0.4, -0.2) is 38.5 Å². The fraction of sp³-hybridized carbons (Fsp3) is 0.467. The van der Waals surface area contributed by atoms with Gasteiger partial charge in [-0.3, -0.25) is 10.1 Å². The molecule has 0 saturated carbocycles. The van der Waals surface area contributed by atoms with Gasteiger partial charge in [0.2, 0.25) is 6.79 Å². The fourth-order valence-electron chi connectivity index (χ4n) is 2.20. The molecule has 0 spiro atoms. The van der Waals surface area contributed by atoms with E-state index in [1.165, 1.54) is 0 Å². The highest BCUT2D eigenvalue weighted by Crippen LogP contribution is 2.32. The van der Waals surface area contributed by atoms with E-state index >= 15 is 0 Å². The van der Waals surface area contributed by atoms with Gasteiger partial charge in [0.25, 0.3) is 5.91 Å². The van der Waals surface area contributed by atoms with Gasteiger partial charge in [-0.2, -0.15) is 0 Å². The third kappa shape index (κ3) is 4.36. The Hall–Kier alpha value is -2.28. The minimum atomic E-state index is -0.703. The van der Waals surface area contributed by atoms with E-state index in [1.807, 2.05) is 25.1 Å². The number of amides is 2. The van der Waals surface area contributed by atoms with Crippen LogP contribution >= 0.6 is 0 Å². The topological polar surface area (TPSA) is 78.3 Å². The molecule has 1 aliphatic heterocycles. The number of carbonyl (C=O) groups is 2. The molecule has 120 valence electrons. The van der Waals surface area contributed by atoms with Gasteiger partial charge in [0.15, 0.2) is 18.0 Å². The fourth-order valence-corrected chi connectivity index (χ4v) is 2.20. The number of fused-ring (bicyclic) bond motifs is 1. The van der Waals surface area contributed by atoms with E-state index in [-0.39, 0.29) is 25.9 Å². The summed E-state index contributed by atoms with van der Waals surface area (Å²) in [4.78, 5) is 24.0. The van der Waals surface area contributed by atoms with Gasteiger partial charge in [-0.15, -0.1) is 0 Å². The lowest BCUT2D eigenvalue weighted by molar-refractivity contribution is -0.904. The lowest BCUT2D eigenvalue weighted by Crippen LogP contribution is -3.11. The highest BCUT2D eigenvalue weighted by Gasteiger charge is 2.18. The van der Waals surface area contributed by atoms with Crippen LogP contribution in [0, 0.1) is 0 Å². The standard InChI is InChI=1S/C15H20N2O5/c1-3-17(9-14(18)16-15(19)20-4-2)8-11-5-6-12-13(7-11)22-10-21-12/h5-7H,3-4,8-10H2,1-2H3,(H,16,18,19)/p+1. The van der Waals surface area contributed by atoms with E-state index in [4.69, 9.17) is 9.47 Å². The van der Waals surface area contributed by atoms with Crippen molar-refractivity contribution in [3.8, 4) is 11.5 Å². The lowest BCUT2D eigenvalue weighted by atomic mass is 10.2. The molecule has 2 rings (SSSR count). The Labute approximate surface area is 129 Å². The molecule has 7 nitrogen and oxygen atoms in total. The molecule has 7 heteroatoms. The maximum absolute atomic E-state index is 11.8. The van der Waals surface area contributed by atoms with Gasteiger partial charge < -0.3 is 19.1 Å². The first-order chi connectivity index (χ1) is 10.6. The Bertz CT molecular complexity index is 547. The van der Waals surface area contributed by atoms with E-state index in [0.29, 0.717) is 6.54 Å². The van der Waals surface area contributed by atoms with E-state index in [2.05, 4.69) is 10.1 Å². The molecule has 0 saturated heterocycles. The van der Waals surface area contributed by atoms with Gasteiger partial charge in [-0.05, 0) is 32.0 Å². The van der Waals surface area contributed by atoms with E-state index in [0.717, 1.165) is 28.5 Å². The molecule has 0 fully saturated rings. The first-order valence-corrected chi connectivity index (χ1v) is 7.31. The molecule has 1 aromatic rings. The number of hydrogen-bond acceptors (Lipinski definition) is 5. The number of benzene rings is 1. The maximum Gasteiger partial charge on any atom is 0.414 e. The second kappa shape index (κ2) is 7.65. The van der Waals surface area contributed by atoms with Crippen LogP contribution in [0.25, 0.3) is 0 Å². The highest BCUT2D eigenvalue weighted by molar-refractivity contribution is 5.92. The summed E-state index contributed by atoms with van der Waals surface area (Å²) in [6, 6.07) is 5.73. The quantitative estimate of drug-likeness (QED) is 0.779. The number of quaternary nitrogens is 1. The van der Waals surface area contributed by atoms with Crippen molar-refractivity contribution in [1.82, 2.24) is 5.32 Å². The van der Waals surface area contributed by atoms with Crippen molar-refractivity contribution in [2.45, 2.75) is 20.4 Å². The zero-order valence-corrected chi connectivity index (χ0v) is 12.8. The summed E-state index contributed by atoms with van der Waals surface area (Å²) in [5, 5.41) is 2.21. The number of nitrogens with one attached hydrogen (secondary N) is 2. The van der Waals surface area contributed by atoms with Crippen molar-refractivity contribution in [3.63, 3.8) is 0 Å². The van der Waals surface area contributed by atoms with E-state index in [1.54, 1.807) is 6.92 Å². The normalized spacial score (nSPS) is 13.5. The molecule has 1 heterocycles. The van der Waals surface area contributed by atoms with Crippen LogP contribution in [0.2, 0.25) is 0 Å².